The van der Waals surface area contributed by atoms with Crippen molar-refractivity contribution in [2.24, 2.45) is 0 Å². The van der Waals surface area contributed by atoms with Crippen molar-refractivity contribution in [3.05, 3.63) is 51.5 Å². The zero-order chi connectivity index (χ0) is 12.3. The Morgan fingerprint density at radius 3 is 2.47 bits per heavy atom. The molecule has 0 amide bonds. The molecular weight excluding hydrogens is 228 g/mol. The van der Waals surface area contributed by atoms with E-state index in [1.807, 2.05) is 11.6 Å². The molecule has 1 N–H and O–H groups in total. The number of rotatable bonds is 4. The first kappa shape index (κ1) is 12.3. The minimum absolute atomic E-state index is 0.221. The Bertz CT molecular complexity index is 457. The van der Waals surface area contributed by atoms with Crippen LogP contribution in [0.3, 0.4) is 0 Å². The first-order valence-electron chi connectivity index (χ1n) is 5.91. The minimum atomic E-state index is 0.221. The monoisotopic (exact) mass is 246 g/mol. The SMILES string of the molecule is CCNC(c1cc(C)cc(C)c1)c1nccs1. The number of thiazole rings is 1. The van der Waals surface area contributed by atoms with E-state index in [2.05, 4.69) is 49.3 Å². The zero-order valence-electron chi connectivity index (χ0n) is 10.5. The summed E-state index contributed by atoms with van der Waals surface area (Å²) in [6, 6.07) is 6.90. The van der Waals surface area contributed by atoms with E-state index in [4.69, 9.17) is 0 Å². The Morgan fingerprint density at radius 2 is 1.94 bits per heavy atom. The summed E-state index contributed by atoms with van der Waals surface area (Å²) in [4.78, 5) is 4.43. The largest absolute Gasteiger partial charge is 0.305 e. The summed E-state index contributed by atoms with van der Waals surface area (Å²) < 4.78 is 0. The summed E-state index contributed by atoms with van der Waals surface area (Å²) in [6.07, 6.45) is 1.87. The molecule has 1 aromatic carbocycles. The lowest BCUT2D eigenvalue weighted by Gasteiger charge is -2.17. The normalized spacial score (nSPS) is 12.6. The predicted octanol–water partition coefficient (Wildman–Crippen LogP) is 3.46. The third-order valence-electron chi connectivity index (χ3n) is 2.68. The van der Waals surface area contributed by atoms with Crippen molar-refractivity contribution in [2.75, 3.05) is 6.54 Å². The number of nitrogens with zero attached hydrogens (tertiary/aromatic N) is 1. The van der Waals surface area contributed by atoms with E-state index in [-0.39, 0.29) is 6.04 Å². The van der Waals surface area contributed by atoms with E-state index in [0.29, 0.717) is 0 Å². The van der Waals surface area contributed by atoms with Gasteiger partial charge in [0.15, 0.2) is 0 Å². The average molecular weight is 246 g/mol. The van der Waals surface area contributed by atoms with Gasteiger partial charge >= 0.3 is 0 Å². The summed E-state index contributed by atoms with van der Waals surface area (Å²) in [7, 11) is 0. The number of benzene rings is 1. The van der Waals surface area contributed by atoms with E-state index in [0.717, 1.165) is 11.6 Å². The third kappa shape index (κ3) is 2.93. The van der Waals surface area contributed by atoms with E-state index in [1.54, 1.807) is 11.3 Å². The maximum atomic E-state index is 4.43. The van der Waals surface area contributed by atoms with Crippen molar-refractivity contribution >= 4 is 11.3 Å². The van der Waals surface area contributed by atoms with Gasteiger partial charge < -0.3 is 5.32 Å². The van der Waals surface area contributed by atoms with Gasteiger partial charge in [0, 0.05) is 11.6 Å². The molecule has 90 valence electrons. The number of aryl methyl sites for hydroxylation is 2. The fourth-order valence-corrected chi connectivity index (χ4v) is 2.84. The van der Waals surface area contributed by atoms with Crippen LogP contribution in [0, 0.1) is 13.8 Å². The molecule has 3 heteroatoms. The second-order valence-corrected chi connectivity index (χ2v) is 5.21. The standard InChI is InChI=1S/C14H18N2S/c1-4-15-13(14-16-5-6-17-14)12-8-10(2)7-11(3)9-12/h5-9,13,15H,4H2,1-3H3. The van der Waals surface area contributed by atoms with Crippen molar-refractivity contribution in [1.82, 2.24) is 10.3 Å². The van der Waals surface area contributed by atoms with Gasteiger partial charge in [-0.25, -0.2) is 4.98 Å². The van der Waals surface area contributed by atoms with Gasteiger partial charge in [0.25, 0.3) is 0 Å². The maximum absolute atomic E-state index is 4.43. The summed E-state index contributed by atoms with van der Waals surface area (Å²) in [5.74, 6) is 0. The lowest BCUT2D eigenvalue weighted by atomic mass is 10.0. The van der Waals surface area contributed by atoms with Crippen molar-refractivity contribution in [3.63, 3.8) is 0 Å². The molecule has 2 nitrogen and oxygen atoms in total. The van der Waals surface area contributed by atoms with Crippen molar-refractivity contribution < 1.29 is 0 Å². The Kier molecular flexibility index (Phi) is 3.92. The molecule has 1 heterocycles. The van der Waals surface area contributed by atoms with Crippen LogP contribution in [-0.4, -0.2) is 11.5 Å². The van der Waals surface area contributed by atoms with Crippen LogP contribution in [-0.2, 0) is 0 Å². The molecular formula is C14H18N2S. The molecule has 1 unspecified atom stereocenters. The van der Waals surface area contributed by atoms with Gasteiger partial charge in [-0.1, -0.05) is 36.2 Å². The minimum Gasteiger partial charge on any atom is -0.305 e. The summed E-state index contributed by atoms with van der Waals surface area (Å²) >= 11 is 1.70. The number of aromatic nitrogens is 1. The molecule has 2 rings (SSSR count). The number of hydrogen-bond acceptors (Lipinski definition) is 3. The Hall–Kier alpha value is -1.19. The summed E-state index contributed by atoms with van der Waals surface area (Å²) in [5, 5.41) is 6.67. The van der Waals surface area contributed by atoms with Crippen LogP contribution in [0.2, 0.25) is 0 Å². The van der Waals surface area contributed by atoms with Gasteiger partial charge in [-0.3, -0.25) is 0 Å². The van der Waals surface area contributed by atoms with E-state index < -0.39 is 0 Å². The van der Waals surface area contributed by atoms with Gasteiger partial charge in [-0.05, 0) is 26.0 Å². The highest BCUT2D eigenvalue weighted by Gasteiger charge is 2.15. The van der Waals surface area contributed by atoms with Crippen LogP contribution in [0.1, 0.15) is 34.7 Å². The number of hydrogen-bond donors (Lipinski definition) is 1. The highest BCUT2D eigenvalue weighted by atomic mass is 32.1. The van der Waals surface area contributed by atoms with Crippen LogP contribution in [0.25, 0.3) is 0 Å². The van der Waals surface area contributed by atoms with Crippen molar-refractivity contribution in [2.45, 2.75) is 26.8 Å². The Morgan fingerprint density at radius 1 is 1.24 bits per heavy atom. The molecule has 17 heavy (non-hydrogen) atoms. The molecule has 0 aliphatic carbocycles. The third-order valence-corrected chi connectivity index (χ3v) is 3.52. The first-order chi connectivity index (χ1) is 8.20. The van der Waals surface area contributed by atoms with Crippen molar-refractivity contribution in [3.8, 4) is 0 Å². The van der Waals surface area contributed by atoms with Crippen LogP contribution >= 0.6 is 11.3 Å². The van der Waals surface area contributed by atoms with Crippen LogP contribution in [0.15, 0.2) is 29.8 Å². The molecule has 1 atom stereocenters. The van der Waals surface area contributed by atoms with Gasteiger partial charge in [0.1, 0.15) is 5.01 Å². The van der Waals surface area contributed by atoms with Crippen LogP contribution in [0.5, 0.6) is 0 Å². The fourth-order valence-electron chi connectivity index (χ4n) is 2.11. The van der Waals surface area contributed by atoms with E-state index in [9.17, 15) is 0 Å². The molecule has 2 aromatic rings. The smallest absolute Gasteiger partial charge is 0.114 e. The quantitative estimate of drug-likeness (QED) is 0.893. The Balaban J connectivity index is 2.38. The van der Waals surface area contributed by atoms with E-state index in [1.165, 1.54) is 16.7 Å². The maximum Gasteiger partial charge on any atom is 0.114 e. The van der Waals surface area contributed by atoms with Crippen LogP contribution in [0.4, 0.5) is 0 Å². The summed E-state index contributed by atoms with van der Waals surface area (Å²) in [6.45, 7) is 7.35. The molecule has 0 saturated heterocycles. The molecule has 0 radical (unpaired) electrons. The molecule has 0 aliphatic heterocycles. The van der Waals surface area contributed by atoms with Gasteiger partial charge in [-0.15, -0.1) is 11.3 Å². The number of nitrogens with one attached hydrogen (secondary N) is 1. The van der Waals surface area contributed by atoms with Gasteiger partial charge in [0.05, 0.1) is 6.04 Å². The highest BCUT2D eigenvalue weighted by Crippen LogP contribution is 2.25. The predicted molar refractivity (Wildman–Crippen MR) is 73.5 cm³/mol. The molecule has 0 saturated carbocycles. The first-order valence-corrected chi connectivity index (χ1v) is 6.79. The Labute approximate surface area is 107 Å². The topological polar surface area (TPSA) is 24.9 Å². The molecule has 0 fully saturated rings. The second-order valence-electron chi connectivity index (χ2n) is 4.28. The van der Waals surface area contributed by atoms with Crippen LogP contribution < -0.4 is 5.32 Å². The lowest BCUT2D eigenvalue weighted by Crippen LogP contribution is -2.22. The average Bonchev–Trinajstić information content (AvgIpc) is 2.77. The second kappa shape index (κ2) is 5.43. The molecule has 0 aliphatic rings. The van der Waals surface area contributed by atoms with Crippen molar-refractivity contribution in [1.29, 1.82) is 0 Å². The van der Waals surface area contributed by atoms with Gasteiger partial charge in [-0.2, -0.15) is 0 Å². The molecule has 0 bridgehead atoms. The van der Waals surface area contributed by atoms with E-state index >= 15 is 0 Å². The highest BCUT2D eigenvalue weighted by molar-refractivity contribution is 7.09. The zero-order valence-corrected chi connectivity index (χ0v) is 11.3. The molecule has 0 spiro atoms. The fraction of sp³-hybridized carbons (Fsp3) is 0.357. The lowest BCUT2D eigenvalue weighted by molar-refractivity contribution is 0.626. The summed E-state index contributed by atoms with van der Waals surface area (Å²) in [5.41, 5.74) is 3.92. The van der Waals surface area contributed by atoms with Gasteiger partial charge in [0.2, 0.25) is 0 Å². The molecule has 1 aromatic heterocycles.